The van der Waals surface area contributed by atoms with E-state index in [1.807, 2.05) is 23.1 Å². The normalized spacial score (nSPS) is 20.6. The first kappa shape index (κ1) is 14.3. The van der Waals surface area contributed by atoms with E-state index < -0.39 is 0 Å². The Morgan fingerprint density at radius 3 is 2.43 bits per heavy atom. The summed E-state index contributed by atoms with van der Waals surface area (Å²) in [6.07, 6.45) is 3.74. The number of hydrogen-bond acceptors (Lipinski definition) is 4. The predicted molar refractivity (Wildman–Crippen MR) is 83.7 cm³/mol. The number of hydrogen-bond donors (Lipinski definition) is 0. The molecule has 0 bridgehead atoms. The molecule has 2 fully saturated rings. The number of amides is 1. The van der Waals surface area contributed by atoms with Crippen LogP contribution in [0.2, 0.25) is 0 Å². The number of likely N-dealkylation sites (N-methyl/N-ethyl adjacent to an activating group) is 1. The molecular formula is C16H24N4O. The third-order valence-electron chi connectivity index (χ3n) is 4.42. The van der Waals surface area contributed by atoms with Crippen LogP contribution in [0.3, 0.4) is 0 Å². The van der Waals surface area contributed by atoms with E-state index in [0.717, 1.165) is 45.1 Å². The fourth-order valence-corrected chi connectivity index (χ4v) is 3.01. The van der Waals surface area contributed by atoms with Crippen molar-refractivity contribution >= 4 is 11.7 Å². The zero-order chi connectivity index (χ0) is 14.7. The largest absolute Gasteiger partial charge is 0.357 e. The average Bonchev–Trinajstić information content (AvgIpc) is 2.56. The maximum Gasteiger partial charge on any atom is 0.272 e. The second kappa shape index (κ2) is 6.43. The van der Waals surface area contributed by atoms with Crippen LogP contribution in [-0.2, 0) is 0 Å². The molecule has 2 aliphatic rings. The van der Waals surface area contributed by atoms with Gasteiger partial charge < -0.3 is 14.7 Å². The molecule has 0 unspecified atom stereocenters. The number of piperazine rings is 1. The molecule has 0 radical (unpaired) electrons. The lowest BCUT2D eigenvalue weighted by Crippen LogP contribution is -2.47. The number of carbonyl (C=O) groups is 1. The Bertz CT molecular complexity index is 491. The minimum Gasteiger partial charge on any atom is -0.357 e. The number of carbonyl (C=O) groups excluding carboxylic acids is 1. The van der Waals surface area contributed by atoms with Crippen LogP contribution < -0.4 is 4.90 Å². The summed E-state index contributed by atoms with van der Waals surface area (Å²) in [5.41, 5.74) is 0.586. The van der Waals surface area contributed by atoms with Crippen molar-refractivity contribution in [3.63, 3.8) is 0 Å². The first-order valence-electron chi connectivity index (χ1n) is 7.94. The second-order valence-corrected chi connectivity index (χ2v) is 6.02. The van der Waals surface area contributed by atoms with Gasteiger partial charge in [-0.3, -0.25) is 4.79 Å². The van der Waals surface area contributed by atoms with Gasteiger partial charge in [-0.25, -0.2) is 4.98 Å². The predicted octanol–water partition coefficient (Wildman–Crippen LogP) is 1.46. The number of nitrogens with zero attached hydrogens (tertiary/aromatic N) is 4. The van der Waals surface area contributed by atoms with Gasteiger partial charge in [-0.15, -0.1) is 0 Å². The summed E-state index contributed by atoms with van der Waals surface area (Å²) in [5, 5.41) is 0. The highest BCUT2D eigenvalue weighted by Gasteiger charge is 2.22. The number of piperidine rings is 1. The number of aromatic nitrogens is 1. The summed E-state index contributed by atoms with van der Waals surface area (Å²) in [5.74, 6) is 1.02. The Hall–Kier alpha value is -1.62. The van der Waals surface area contributed by atoms with Gasteiger partial charge in [0.2, 0.25) is 0 Å². The van der Waals surface area contributed by atoms with E-state index >= 15 is 0 Å². The summed E-state index contributed by atoms with van der Waals surface area (Å²) < 4.78 is 0. The molecule has 5 heteroatoms. The van der Waals surface area contributed by atoms with Crippen molar-refractivity contribution in [2.45, 2.75) is 19.3 Å². The van der Waals surface area contributed by atoms with Gasteiger partial charge in [0.25, 0.3) is 5.91 Å². The van der Waals surface area contributed by atoms with Crippen molar-refractivity contribution in [3.05, 3.63) is 23.9 Å². The second-order valence-electron chi connectivity index (χ2n) is 6.02. The number of pyridine rings is 1. The molecule has 1 aromatic heterocycles. The Morgan fingerprint density at radius 2 is 1.71 bits per heavy atom. The molecule has 3 heterocycles. The Balaban J connectivity index is 1.71. The Kier molecular flexibility index (Phi) is 4.39. The standard InChI is InChI=1S/C16H24N4O/c1-18-10-12-20(13-11-18)16(21)14-6-5-7-15(17-14)19-8-3-2-4-9-19/h5-7H,2-4,8-13H2,1H3. The summed E-state index contributed by atoms with van der Waals surface area (Å²) in [6, 6.07) is 5.82. The van der Waals surface area contributed by atoms with Gasteiger partial charge in [0.05, 0.1) is 0 Å². The lowest BCUT2D eigenvalue weighted by atomic mass is 10.1. The molecule has 2 saturated heterocycles. The molecule has 0 spiro atoms. The molecule has 1 aromatic rings. The number of rotatable bonds is 2. The summed E-state index contributed by atoms with van der Waals surface area (Å²) >= 11 is 0. The minimum absolute atomic E-state index is 0.0713. The van der Waals surface area contributed by atoms with Crippen LogP contribution in [0.15, 0.2) is 18.2 Å². The highest BCUT2D eigenvalue weighted by atomic mass is 16.2. The molecule has 3 rings (SSSR count). The van der Waals surface area contributed by atoms with Crippen molar-refractivity contribution in [1.29, 1.82) is 0 Å². The van der Waals surface area contributed by atoms with E-state index in [1.54, 1.807) is 0 Å². The van der Waals surface area contributed by atoms with Gasteiger partial charge in [-0.05, 0) is 38.4 Å². The third kappa shape index (κ3) is 3.35. The minimum atomic E-state index is 0.0713. The van der Waals surface area contributed by atoms with Crippen LogP contribution in [0.25, 0.3) is 0 Å². The van der Waals surface area contributed by atoms with Gasteiger partial charge in [0, 0.05) is 39.3 Å². The van der Waals surface area contributed by atoms with Gasteiger partial charge in [0.1, 0.15) is 11.5 Å². The maximum absolute atomic E-state index is 12.6. The van der Waals surface area contributed by atoms with E-state index in [0.29, 0.717) is 5.69 Å². The lowest BCUT2D eigenvalue weighted by molar-refractivity contribution is 0.0658. The fourth-order valence-electron chi connectivity index (χ4n) is 3.01. The maximum atomic E-state index is 12.6. The van der Waals surface area contributed by atoms with Crippen molar-refractivity contribution in [2.75, 3.05) is 51.2 Å². The topological polar surface area (TPSA) is 39.7 Å². The molecule has 0 aromatic carbocycles. The first-order valence-corrected chi connectivity index (χ1v) is 7.94. The van der Waals surface area contributed by atoms with E-state index in [2.05, 4.69) is 21.8 Å². The van der Waals surface area contributed by atoms with Crippen molar-refractivity contribution in [3.8, 4) is 0 Å². The summed E-state index contributed by atoms with van der Waals surface area (Å²) in [6.45, 7) is 5.59. The molecule has 0 aliphatic carbocycles. The van der Waals surface area contributed by atoms with Gasteiger partial charge in [-0.1, -0.05) is 6.07 Å². The summed E-state index contributed by atoms with van der Waals surface area (Å²) in [4.78, 5) is 23.6. The molecular weight excluding hydrogens is 264 g/mol. The first-order chi connectivity index (χ1) is 10.2. The van der Waals surface area contributed by atoms with Gasteiger partial charge in [-0.2, -0.15) is 0 Å². The highest BCUT2D eigenvalue weighted by molar-refractivity contribution is 5.92. The molecule has 0 saturated carbocycles. The zero-order valence-electron chi connectivity index (χ0n) is 12.8. The molecule has 21 heavy (non-hydrogen) atoms. The third-order valence-corrected chi connectivity index (χ3v) is 4.42. The molecule has 2 aliphatic heterocycles. The quantitative estimate of drug-likeness (QED) is 0.826. The van der Waals surface area contributed by atoms with Crippen molar-refractivity contribution < 1.29 is 4.79 Å². The van der Waals surface area contributed by atoms with Crippen molar-refractivity contribution in [1.82, 2.24) is 14.8 Å². The van der Waals surface area contributed by atoms with E-state index in [-0.39, 0.29) is 5.91 Å². The van der Waals surface area contributed by atoms with Crippen LogP contribution in [0.1, 0.15) is 29.8 Å². The Labute approximate surface area is 126 Å². The van der Waals surface area contributed by atoms with Gasteiger partial charge in [0.15, 0.2) is 0 Å². The molecule has 1 amide bonds. The summed E-state index contributed by atoms with van der Waals surface area (Å²) in [7, 11) is 2.09. The van der Waals surface area contributed by atoms with Crippen LogP contribution in [-0.4, -0.2) is 67.0 Å². The lowest BCUT2D eigenvalue weighted by Gasteiger charge is -2.32. The average molecular weight is 288 g/mol. The smallest absolute Gasteiger partial charge is 0.272 e. The van der Waals surface area contributed by atoms with Crippen LogP contribution >= 0.6 is 0 Å². The van der Waals surface area contributed by atoms with E-state index in [9.17, 15) is 4.79 Å². The van der Waals surface area contributed by atoms with E-state index in [1.165, 1.54) is 19.3 Å². The molecule has 114 valence electrons. The van der Waals surface area contributed by atoms with Gasteiger partial charge >= 0.3 is 0 Å². The molecule has 5 nitrogen and oxygen atoms in total. The van der Waals surface area contributed by atoms with Crippen molar-refractivity contribution in [2.24, 2.45) is 0 Å². The molecule has 0 atom stereocenters. The fraction of sp³-hybridized carbons (Fsp3) is 0.625. The highest BCUT2D eigenvalue weighted by Crippen LogP contribution is 2.18. The van der Waals surface area contributed by atoms with Crippen LogP contribution in [0.4, 0.5) is 5.82 Å². The van der Waals surface area contributed by atoms with Crippen LogP contribution in [0.5, 0.6) is 0 Å². The zero-order valence-corrected chi connectivity index (χ0v) is 12.8. The monoisotopic (exact) mass is 288 g/mol. The molecule has 0 N–H and O–H groups in total. The SMILES string of the molecule is CN1CCN(C(=O)c2cccc(N3CCCCC3)n2)CC1. The Morgan fingerprint density at radius 1 is 1.00 bits per heavy atom. The van der Waals surface area contributed by atoms with Crippen LogP contribution in [0, 0.1) is 0 Å². The number of anilines is 1. The van der Waals surface area contributed by atoms with E-state index in [4.69, 9.17) is 0 Å².